The Morgan fingerprint density at radius 3 is 2.70 bits per heavy atom. The van der Waals surface area contributed by atoms with E-state index in [0.29, 0.717) is 11.0 Å². The van der Waals surface area contributed by atoms with Gasteiger partial charge in [-0.1, -0.05) is 22.9 Å². The van der Waals surface area contributed by atoms with Crippen molar-refractivity contribution in [3.8, 4) is 5.69 Å². The summed E-state index contributed by atoms with van der Waals surface area (Å²) in [5, 5.41) is 12.3. The summed E-state index contributed by atoms with van der Waals surface area (Å²) in [6.45, 7) is 3.65. The van der Waals surface area contributed by atoms with E-state index < -0.39 is 11.5 Å². The number of fused-ring (bicyclic) bond motifs is 1. The van der Waals surface area contributed by atoms with Crippen molar-refractivity contribution < 1.29 is 9.53 Å². The second-order valence-corrected chi connectivity index (χ2v) is 4.99. The van der Waals surface area contributed by atoms with Crippen LogP contribution in [-0.2, 0) is 16.1 Å². The number of carbonyl (C=O) groups is 1. The van der Waals surface area contributed by atoms with Gasteiger partial charge in [-0.05, 0) is 26.0 Å². The number of aryl methyl sites for hydroxylation is 1. The summed E-state index contributed by atoms with van der Waals surface area (Å²) >= 11 is 0. The molecule has 0 fully saturated rings. The molecule has 3 aromatic rings. The summed E-state index contributed by atoms with van der Waals surface area (Å²) in [5.41, 5.74) is 1.82. The Balaban J connectivity index is 2.02. The minimum absolute atomic E-state index is 0.245. The van der Waals surface area contributed by atoms with Crippen molar-refractivity contribution >= 4 is 17.0 Å². The van der Waals surface area contributed by atoms with Gasteiger partial charge in [0.2, 0.25) is 0 Å². The van der Waals surface area contributed by atoms with E-state index in [1.165, 1.54) is 10.9 Å². The predicted molar refractivity (Wildman–Crippen MR) is 82.3 cm³/mol. The third kappa shape index (κ3) is 2.83. The van der Waals surface area contributed by atoms with Gasteiger partial charge in [-0.15, -0.1) is 5.10 Å². The minimum atomic E-state index is -0.533. The summed E-state index contributed by atoms with van der Waals surface area (Å²) < 4.78 is 7.32. The number of hydrogen-bond acceptors (Lipinski definition) is 6. The Morgan fingerprint density at radius 2 is 2.00 bits per heavy atom. The number of aromatic nitrogens is 5. The highest BCUT2D eigenvalue weighted by molar-refractivity contribution is 5.75. The van der Waals surface area contributed by atoms with Crippen molar-refractivity contribution in [2.75, 3.05) is 6.61 Å². The van der Waals surface area contributed by atoms with Gasteiger partial charge in [-0.2, -0.15) is 9.78 Å². The lowest BCUT2D eigenvalue weighted by molar-refractivity contribution is -0.144. The lowest BCUT2D eigenvalue weighted by Gasteiger charge is -2.05. The third-order valence-corrected chi connectivity index (χ3v) is 3.32. The van der Waals surface area contributed by atoms with Crippen LogP contribution in [0.4, 0.5) is 0 Å². The molecule has 0 aliphatic rings. The van der Waals surface area contributed by atoms with Crippen molar-refractivity contribution in [3.05, 3.63) is 46.4 Å². The quantitative estimate of drug-likeness (QED) is 0.663. The van der Waals surface area contributed by atoms with Crippen LogP contribution in [0.1, 0.15) is 12.5 Å². The van der Waals surface area contributed by atoms with Gasteiger partial charge in [-0.3, -0.25) is 9.59 Å². The van der Waals surface area contributed by atoms with E-state index in [1.807, 2.05) is 31.2 Å². The van der Waals surface area contributed by atoms with Crippen LogP contribution < -0.4 is 5.56 Å². The standard InChI is InChI=1S/C15H15N5O3/c1-3-23-13(21)9-19-15(22)12-8-16-20(14(12)17-18-19)11-6-4-10(2)5-7-11/h4-8H,3,9H2,1-2H3. The predicted octanol–water partition coefficient (Wildman–Crippen LogP) is 0.849. The van der Waals surface area contributed by atoms with Crippen molar-refractivity contribution in [3.63, 3.8) is 0 Å². The van der Waals surface area contributed by atoms with E-state index in [9.17, 15) is 9.59 Å². The maximum atomic E-state index is 12.4. The molecule has 0 atom stereocenters. The highest BCUT2D eigenvalue weighted by Gasteiger charge is 2.14. The first-order chi connectivity index (χ1) is 11.1. The number of nitrogens with zero attached hydrogens (tertiary/aromatic N) is 5. The Morgan fingerprint density at radius 1 is 1.26 bits per heavy atom. The number of carbonyl (C=O) groups excluding carboxylic acids is 1. The number of benzene rings is 1. The molecule has 0 unspecified atom stereocenters. The molecular weight excluding hydrogens is 298 g/mol. The van der Waals surface area contributed by atoms with Gasteiger partial charge in [0, 0.05) is 0 Å². The summed E-state index contributed by atoms with van der Waals surface area (Å²) in [6, 6.07) is 7.65. The normalized spacial score (nSPS) is 10.9. The van der Waals surface area contributed by atoms with Crippen LogP contribution in [-0.4, -0.2) is 37.4 Å². The number of hydrogen-bond donors (Lipinski definition) is 0. The first kappa shape index (κ1) is 14.9. The largest absolute Gasteiger partial charge is 0.465 e. The molecule has 0 aliphatic heterocycles. The zero-order valence-electron chi connectivity index (χ0n) is 12.8. The molecule has 2 aromatic heterocycles. The molecule has 8 heteroatoms. The smallest absolute Gasteiger partial charge is 0.327 e. The fraction of sp³-hybridized carbons (Fsp3) is 0.267. The maximum absolute atomic E-state index is 12.4. The molecule has 118 valence electrons. The van der Waals surface area contributed by atoms with E-state index in [2.05, 4.69) is 15.4 Å². The molecule has 0 saturated heterocycles. The van der Waals surface area contributed by atoms with E-state index in [0.717, 1.165) is 15.9 Å². The van der Waals surface area contributed by atoms with Crippen LogP contribution in [0.2, 0.25) is 0 Å². The fourth-order valence-electron chi connectivity index (χ4n) is 2.17. The van der Waals surface area contributed by atoms with Gasteiger partial charge in [-0.25, -0.2) is 4.68 Å². The van der Waals surface area contributed by atoms with Crippen molar-refractivity contribution in [1.29, 1.82) is 0 Å². The lowest BCUT2D eigenvalue weighted by atomic mass is 10.2. The molecule has 1 aromatic carbocycles. The van der Waals surface area contributed by atoms with Gasteiger partial charge < -0.3 is 4.74 Å². The lowest BCUT2D eigenvalue weighted by Crippen LogP contribution is -2.28. The van der Waals surface area contributed by atoms with E-state index in [-0.39, 0.29) is 13.2 Å². The van der Waals surface area contributed by atoms with Gasteiger partial charge in [0.25, 0.3) is 5.56 Å². The topological polar surface area (TPSA) is 91.9 Å². The maximum Gasteiger partial charge on any atom is 0.327 e. The SMILES string of the molecule is CCOC(=O)Cn1nnc2c(cnn2-c2ccc(C)cc2)c1=O. The van der Waals surface area contributed by atoms with Gasteiger partial charge in [0.15, 0.2) is 5.65 Å². The number of ether oxygens (including phenoxy) is 1. The van der Waals surface area contributed by atoms with E-state index in [1.54, 1.807) is 6.92 Å². The summed E-state index contributed by atoms with van der Waals surface area (Å²) in [6.07, 6.45) is 1.42. The third-order valence-electron chi connectivity index (χ3n) is 3.32. The fourth-order valence-corrected chi connectivity index (χ4v) is 2.17. The molecule has 2 heterocycles. The molecule has 0 amide bonds. The zero-order valence-corrected chi connectivity index (χ0v) is 12.8. The van der Waals surface area contributed by atoms with Crippen molar-refractivity contribution in [2.45, 2.75) is 20.4 Å². The highest BCUT2D eigenvalue weighted by Crippen LogP contribution is 2.13. The van der Waals surface area contributed by atoms with Gasteiger partial charge in [0.05, 0.1) is 18.5 Å². The Kier molecular flexibility index (Phi) is 3.88. The zero-order chi connectivity index (χ0) is 16.4. The Labute approximate surface area is 131 Å². The summed E-state index contributed by atoms with van der Waals surface area (Å²) in [5.74, 6) is -0.533. The summed E-state index contributed by atoms with van der Waals surface area (Å²) in [7, 11) is 0. The average Bonchev–Trinajstić information content (AvgIpc) is 2.96. The molecule has 3 rings (SSSR count). The summed E-state index contributed by atoms with van der Waals surface area (Å²) in [4.78, 5) is 23.9. The molecule has 23 heavy (non-hydrogen) atoms. The molecular formula is C15H15N5O3. The second-order valence-electron chi connectivity index (χ2n) is 4.99. The molecule has 0 spiro atoms. The number of esters is 1. The van der Waals surface area contributed by atoms with Crippen molar-refractivity contribution in [2.24, 2.45) is 0 Å². The first-order valence-electron chi connectivity index (χ1n) is 7.14. The molecule has 0 radical (unpaired) electrons. The van der Waals surface area contributed by atoms with Gasteiger partial charge >= 0.3 is 5.97 Å². The monoisotopic (exact) mass is 313 g/mol. The highest BCUT2D eigenvalue weighted by atomic mass is 16.5. The Bertz CT molecular complexity index is 911. The van der Waals surface area contributed by atoms with E-state index >= 15 is 0 Å². The molecule has 0 saturated carbocycles. The second kappa shape index (κ2) is 5.99. The molecule has 0 aliphatic carbocycles. The van der Waals surface area contributed by atoms with Crippen LogP contribution in [0.15, 0.2) is 35.3 Å². The van der Waals surface area contributed by atoms with Crippen LogP contribution in [0.25, 0.3) is 16.7 Å². The van der Waals surface area contributed by atoms with E-state index in [4.69, 9.17) is 4.74 Å². The Hall–Kier alpha value is -3.03. The van der Waals surface area contributed by atoms with Gasteiger partial charge in [0.1, 0.15) is 11.9 Å². The van der Waals surface area contributed by atoms with Crippen molar-refractivity contribution in [1.82, 2.24) is 24.8 Å². The molecule has 0 N–H and O–H groups in total. The van der Waals surface area contributed by atoms with Crippen LogP contribution in [0, 0.1) is 6.92 Å². The average molecular weight is 313 g/mol. The van der Waals surface area contributed by atoms with Crippen LogP contribution in [0.3, 0.4) is 0 Å². The minimum Gasteiger partial charge on any atom is -0.465 e. The van der Waals surface area contributed by atoms with Crippen LogP contribution >= 0.6 is 0 Å². The van der Waals surface area contributed by atoms with Crippen LogP contribution in [0.5, 0.6) is 0 Å². The molecule has 8 nitrogen and oxygen atoms in total. The first-order valence-corrected chi connectivity index (χ1v) is 7.14. The number of rotatable bonds is 4. The molecule has 0 bridgehead atoms.